The maximum Gasteiger partial charge on any atom is 0.0624 e. The van der Waals surface area contributed by atoms with E-state index < -0.39 is 0 Å². The highest BCUT2D eigenvalue weighted by molar-refractivity contribution is 4.93. The van der Waals surface area contributed by atoms with Crippen LogP contribution in [0.25, 0.3) is 0 Å². The molecule has 3 nitrogen and oxygen atoms in total. The Bertz CT molecular complexity index is 228. The molecule has 2 unspecified atom stereocenters. The Hall–Kier alpha value is -0.120. The van der Waals surface area contributed by atoms with E-state index in [2.05, 4.69) is 18.9 Å². The second kappa shape index (κ2) is 5.03. The van der Waals surface area contributed by atoms with E-state index in [4.69, 9.17) is 10.5 Å². The molecule has 3 heteroatoms. The van der Waals surface area contributed by atoms with Crippen molar-refractivity contribution in [3.63, 3.8) is 0 Å². The van der Waals surface area contributed by atoms with Gasteiger partial charge in [0.2, 0.25) is 0 Å². The van der Waals surface area contributed by atoms with E-state index >= 15 is 0 Å². The quantitative estimate of drug-likeness (QED) is 0.794. The molecule has 2 N–H and O–H groups in total. The Morgan fingerprint density at radius 2 is 2.00 bits per heavy atom. The molecule has 0 amide bonds. The van der Waals surface area contributed by atoms with Crippen LogP contribution in [0.2, 0.25) is 0 Å². The van der Waals surface area contributed by atoms with Gasteiger partial charge in [0.15, 0.2) is 0 Å². The third kappa shape index (κ3) is 2.58. The monoisotopic (exact) mass is 226 g/mol. The van der Waals surface area contributed by atoms with E-state index in [1.807, 2.05) is 0 Å². The second-order valence-corrected chi connectivity index (χ2v) is 5.98. The lowest BCUT2D eigenvalue weighted by molar-refractivity contribution is 0.0973. The van der Waals surface area contributed by atoms with Crippen LogP contribution in [0.5, 0.6) is 0 Å². The Morgan fingerprint density at radius 3 is 2.56 bits per heavy atom. The third-order valence-electron chi connectivity index (χ3n) is 4.43. The van der Waals surface area contributed by atoms with Crippen LogP contribution in [0, 0.1) is 5.41 Å². The van der Waals surface area contributed by atoms with Gasteiger partial charge in [-0.15, -0.1) is 0 Å². The Labute approximate surface area is 99.3 Å². The van der Waals surface area contributed by atoms with Crippen LogP contribution in [0.15, 0.2) is 0 Å². The molecule has 2 atom stereocenters. The predicted octanol–water partition coefficient (Wildman–Crippen LogP) is 1.61. The van der Waals surface area contributed by atoms with Crippen LogP contribution < -0.4 is 5.73 Å². The van der Waals surface area contributed by atoms with Crippen molar-refractivity contribution in [1.29, 1.82) is 0 Å². The minimum Gasteiger partial charge on any atom is -0.379 e. The van der Waals surface area contributed by atoms with E-state index in [1.54, 1.807) is 0 Å². The van der Waals surface area contributed by atoms with Gasteiger partial charge in [-0.1, -0.05) is 26.2 Å². The molecule has 0 aromatic carbocycles. The van der Waals surface area contributed by atoms with Crippen LogP contribution in [0.4, 0.5) is 0 Å². The van der Waals surface area contributed by atoms with E-state index in [-0.39, 0.29) is 11.5 Å². The van der Waals surface area contributed by atoms with Crippen molar-refractivity contribution in [2.24, 2.45) is 11.1 Å². The average molecular weight is 226 g/mol. The molecule has 1 saturated carbocycles. The molecule has 2 rings (SSSR count). The lowest BCUT2D eigenvalue weighted by Crippen LogP contribution is -2.48. The Balaban J connectivity index is 1.87. The molecule has 2 aliphatic rings. The maximum absolute atomic E-state index is 6.14. The SMILES string of the molecule is CN(CC1(C)COCC1N)C1CCCCC1. The first-order chi connectivity index (χ1) is 7.62. The maximum atomic E-state index is 6.14. The summed E-state index contributed by atoms with van der Waals surface area (Å²) in [5.74, 6) is 0. The summed E-state index contributed by atoms with van der Waals surface area (Å²) in [5.41, 5.74) is 6.30. The van der Waals surface area contributed by atoms with Gasteiger partial charge in [-0.05, 0) is 19.9 Å². The Morgan fingerprint density at radius 1 is 1.31 bits per heavy atom. The molecule has 2 fully saturated rings. The first-order valence-electron chi connectivity index (χ1n) is 6.65. The minimum atomic E-state index is 0.159. The summed E-state index contributed by atoms with van der Waals surface area (Å²) in [4.78, 5) is 2.52. The van der Waals surface area contributed by atoms with Crippen molar-refractivity contribution in [3.05, 3.63) is 0 Å². The van der Waals surface area contributed by atoms with Gasteiger partial charge in [0, 0.05) is 24.0 Å². The first-order valence-corrected chi connectivity index (χ1v) is 6.65. The fourth-order valence-corrected chi connectivity index (χ4v) is 3.11. The second-order valence-electron chi connectivity index (χ2n) is 5.98. The molecule has 1 aliphatic heterocycles. The van der Waals surface area contributed by atoms with Gasteiger partial charge in [0.25, 0.3) is 0 Å². The summed E-state index contributed by atoms with van der Waals surface area (Å²) >= 11 is 0. The largest absolute Gasteiger partial charge is 0.379 e. The normalized spacial score (nSPS) is 37.1. The summed E-state index contributed by atoms with van der Waals surface area (Å²) in [6.07, 6.45) is 6.94. The molecule has 94 valence electrons. The average Bonchev–Trinajstić information content (AvgIpc) is 2.60. The molecule has 16 heavy (non-hydrogen) atoms. The van der Waals surface area contributed by atoms with Gasteiger partial charge in [-0.3, -0.25) is 0 Å². The molecule has 1 aliphatic carbocycles. The van der Waals surface area contributed by atoms with Gasteiger partial charge < -0.3 is 15.4 Å². The molecule has 0 spiro atoms. The Kier molecular flexibility index (Phi) is 3.88. The zero-order valence-electron chi connectivity index (χ0n) is 10.7. The summed E-state index contributed by atoms with van der Waals surface area (Å²) in [7, 11) is 2.26. The highest BCUT2D eigenvalue weighted by Crippen LogP contribution is 2.30. The number of nitrogens with two attached hydrogens (primary N) is 1. The van der Waals surface area contributed by atoms with E-state index in [9.17, 15) is 0 Å². The highest BCUT2D eigenvalue weighted by Gasteiger charge is 2.39. The summed E-state index contributed by atoms with van der Waals surface area (Å²) in [6.45, 7) is 4.91. The van der Waals surface area contributed by atoms with Gasteiger partial charge >= 0.3 is 0 Å². The number of ether oxygens (including phenoxy) is 1. The van der Waals surface area contributed by atoms with Crippen molar-refractivity contribution < 1.29 is 4.74 Å². The zero-order valence-corrected chi connectivity index (χ0v) is 10.7. The highest BCUT2D eigenvalue weighted by atomic mass is 16.5. The predicted molar refractivity (Wildman–Crippen MR) is 66.4 cm³/mol. The van der Waals surface area contributed by atoms with Crippen molar-refractivity contribution in [3.8, 4) is 0 Å². The van der Waals surface area contributed by atoms with Crippen LogP contribution in [0.1, 0.15) is 39.0 Å². The number of nitrogens with zero attached hydrogens (tertiary/aromatic N) is 1. The van der Waals surface area contributed by atoms with Crippen molar-refractivity contribution >= 4 is 0 Å². The molecule has 0 aromatic heterocycles. The lowest BCUT2D eigenvalue weighted by Gasteiger charge is -2.38. The van der Waals surface area contributed by atoms with E-state index in [1.165, 1.54) is 32.1 Å². The van der Waals surface area contributed by atoms with Gasteiger partial charge in [0.1, 0.15) is 0 Å². The number of hydrogen-bond donors (Lipinski definition) is 1. The third-order valence-corrected chi connectivity index (χ3v) is 4.43. The van der Waals surface area contributed by atoms with Crippen LogP contribution in [0.3, 0.4) is 0 Å². The van der Waals surface area contributed by atoms with Gasteiger partial charge in [-0.2, -0.15) is 0 Å². The zero-order chi connectivity index (χ0) is 11.6. The fourth-order valence-electron chi connectivity index (χ4n) is 3.11. The van der Waals surface area contributed by atoms with Crippen LogP contribution >= 0.6 is 0 Å². The fraction of sp³-hybridized carbons (Fsp3) is 1.00. The molecule has 0 bridgehead atoms. The van der Waals surface area contributed by atoms with E-state index in [0.29, 0.717) is 0 Å². The molecule has 0 aromatic rings. The molecule has 1 saturated heterocycles. The van der Waals surface area contributed by atoms with Gasteiger partial charge in [-0.25, -0.2) is 0 Å². The van der Waals surface area contributed by atoms with Crippen molar-refractivity contribution in [1.82, 2.24) is 4.90 Å². The molecular weight excluding hydrogens is 200 g/mol. The van der Waals surface area contributed by atoms with E-state index in [0.717, 1.165) is 25.8 Å². The lowest BCUT2D eigenvalue weighted by atomic mass is 9.84. The summed E-state index contributed by atoms with van der Waals surface area (Å²) in [5, 5.41) is 0. The van der Waals surface area contributed by atoms with Gasteiger partial charge in [0.05, 0.1) is 13.2 Å². The van der Waals surface area contributed by atoms with Crippen molar-refractivity contribution in [2.45, 2.75) is 51.1 Å². The summed E-state index contributed by atoms with van der Waals surface area (Å²) in [6, 6.07) is 0.983. The summed E-state index contributed by atoms with van der Waals surface area (Å²) < 4.78 is 5.51. The van der Waals surface area contributed by atoms with Crippen molar-refractivity contribution in [2.75, 3.05) is 26.8 Å². The van der Waals surface area contributed by atoms with Crippen LogP contribution in [-0.2, 0) is 4.74 Å². The first kappa shape index (κ1) is 12.3. The number of rotatable bonds is 3. The number of hydrogen-bond acceptors (Lipinski definition) is 3. The molecule has 0 radical (unpaired) electrons. The molecular formula is C13H26N2O. The molecule has 1 heterocycles. The topological polar surface area (TPSA) is 38.5 Å². The van der Waals surface area contributed by atoms with Crippen LogP contribution in [-0.4, -0.2) is 43.8 Å². The smallest absolute Gasteiger partial charge is 0.0624 e. The standard InChI is InChI=1S/C13H26N2O/c1-13(10-16-8-12(13)14)9-15(2)11-6-4-3-5-7-11/h11-12H,3-10,14H2,1-2H3. The minimum absolute atomic E-state index is 0.159.